The van der Waals surface area contributed by atoms with Crippen molar-refractivity contribution in [3.63, 3.8) is 0 Å². The van der Waals surface area contributed by atoms with E-state index in [4.69, 9.17) is 4.52 Å². The fourth-order valence-corrected chi connectivity index (χ4v) is 3.14. The molecule has 3 N–H and O–H groups in total. The number of imidazole rings is 1. The second-order valence-corrected chi connectivity index (χ2v) is 7.40. The predicted molar refractivity (Wildman–Crippen MR) is 105 cm³/mol. The minimum atomic E-state index is -0.386. The Morgan fingerprint density at radius 2 is 2.15 bits per heavy atom. The Kier molecular flexibility index (Phi) is 6.12. The van der Waals surface area contributed by atoms with Crippen LogP contribution in [0.3, 0.4) is 0 Å². The average molecular weight is 387 g/mol. The number of anilines is 1. The van der Waals surface area contributed by atoms with E-state index in [0.29, 0.717) is 24.5 Å². The van der Waals surface area contributed by atoms with Gasteiger partial charge in [-0.25, -0.2) is 4.98 Å². The van der Waals surface area contributed by atoms with Crippen molar-refractivity contribution in [2.75, 3.05) is 17.6 Å². The Morgan fingerprint density at radius 1 is 1.33 bits per heavy atom. The highest BCUT2D eigenvalue weighted by molar-refractivity contribution is 8.01. The number of aromatic amines is 1. The van der Waals surface area contributed by atoms with Crippen molar-refractivity contribution in [3.8, 4) is 0 Å². The van der Waals surface area contributed by atoms with Crippen LogP contribution in [0.2, 0.25) is 0 Å². The summed E-state index contributed by atoms with van der Waals surface area (Å²) in [4.78, 5) is 31.7. The van der Waals surface area contributed by atoms with Crippen LogP contribution in [0.1, 0.15) is 18.5 Å². The fraction of sp³-hybridized carbons (Fsp3) is 0.333. The zero-order chi connectivity index (χ0) is 19.2. The molecule has 0 spiro atoms. The van der Waals surface area contributed by atoms with Crippen LogP contribution in [0.25, 0.3) is 11.0 Å². The highest BCUT2D eigenvalue weighted by Crippen LogP contribution is 2.14. The summed E-state index contributed by atoms with van der Waals surface area (Å²) in [6.45, 7) is 3.98. The number of amides is 2. The van der Waals surface area contributed by atoms with E-state index >= 15 is 0 Å². The number of para-hydroxylation sites is 2. The van der Waals surface area contributed by atoms with E-state index in [9.17, 15) is 9.59 Å². The van der Waals surface area contributed by atoms with Gasteiger partial charge in [-0.2, -0.15) is 0 Å². The second kappa shape index (κ2) is 8.72. The van der Waals surface area contributed by atoms with Gasteiger partial charge in [-0.3, -0.25) is 9.59 Å². The summed E-state index contributed by atoms with van der Waals surface area (Å²) in [5.74, 6) is 1.69. The number of rotatable bonds is 8. The third-order valence-electron chi connectivity index (χ3n) is 3.84. The Morgan fingerprint density at radius 3 is 2.89 bits per heavy atom. The third-order valence-corrected chi connectivity index (χ3v) is 4.98. The molecule has 3 rings (SSSR count). The Balaban J connectivity index is 1.36. The van der Waals surface area contributed by atoms with Crippen molar-refractivity contribution in [2.24, 2.45) is 0 Å². The Bertz CT molecular complexity index is 903. The van der Waals surface area contributed by atoms with Crippen LogP contribution < -0.4 is 10.6 Å². The van der Waals surface area contributed by atoms with Gasteiger partial charge in [-0.15, -0.1) is 11.8 Å². The fourth-order valence-electron chi connectivity index (χ4n) is 2.42. The molecular formula is C18H21N5O3S. The molecule has 0 fully saturated rings. The zero-order valence-corrected chi connectivity index (χ0v) is 15.9. The second-order valence-electron chi connectivity index (χ2n) is 6.07. The lowest BCUT2D eigenvalue weighted by Crippen LogP contribution is -2.30. The van der Waals surface area contributed by atoms with Gasteiger partial charge < -0.3 is 20.1 Å². The number of hydrogen-bond acceptors (Lipinski definition) is 6. The van der Waals surface area contributed by atoms with Gasteiger partial charge in [0.25, 0.3) is 0 Å². The molecule has 1 atom stereocenters. The molecule has 2 aromatic heterocycles. The molecule has 1 aromatic carbocycles. The lowest BCUT2D eigenvalue weighted by atomic mass is 10.3. The van der Waals surface area contributed by atoms with Gasteiger partial charge >= 0.3 is 0 Å². The molecule has 0 radical (unpaired) electrons. The zero-order valence-electron chi connectivity index (χ0n) is 15.1. The Hall–Kier alpha value is -2.81. The molecule has 0 saturated carbocycles. The van der Waals surface area contributed by atoms with Gasteiger partial charge in [0.15, 0.2) is 5.82 Å². The molecular weight excluding hydrogens is 366 g/mol. The number of aryl methyl sites for hydroxylation is 1. The van der Waals surface area contributed by atoms with Crippen LogP contribution in [0.4, 0.5) is 5.82 Å². The summed E-state index contributed by atoms with van der Waals surface area (Å²) in [5.41, 5.74) is 1.90. The van der Waals surface area contributed by atoms with E-state index in [2.05, 4.69) is 25.8 Å². The number of hydrogen-bond donors (Lipinski definition) is 3. The summed E-state index contributed by atoms with van der Waals surface area (Å²) >= 11 is 1.26. The van der Waals surface area contributed by atoms with Crippen LogP contribution in [-0.4, -0.2) is 44.5 Å². The number of thioether (sulfide) groups is 1. The van der Waals surface area contributed by atoms with E-state index in [-0.39, 0.29) is 22.8 Å². The number of aromatic nitrogens is 3. The first-order valence-corrected chi connectivity index (χ1v) is 9.62. The standard InChI is InChI=1S/C18H21N5O3S/c1-11-9-16(23-26-11)22-18(25)12(2)27-10-17(24)19-8-7-15-20-13-5-3-4-6-14(13)21-15/h3-6,9,12H,7-8,10H2,1-2H3,(H,19,24)(H,20,21)(H,22,23,25). The van der Waals surface area contributed by atoms with E-state index in [1.165, 1.54) is 11.8 Å². The van der Waals surface area contributed by atoms with Crippen LogP contribution in [0.15, 0.2) is 34.9 Å². The maximum absolute atomic E-state index is 12.1. The summed E-state index contributed by atoms with van der Waals surface area (Å²) in [6, 6.07) is 9.43. The number of nitrogens with zero attached hydrogens (tertiary/aromatic N) is 2. The highest BCUT2D eigenvalue weighted by Gasteiger charge is 2.16. The molecule has 0 aliphatic rings. The first-order valence-electron chi connectivity index (χ1n) is 8.57. The van der Waals surface area contributed by atoms with E-state index in [1.54, 1.807) is 19.9 Å². The molecule has 2 heterocycles. The van der Waals surface area contributed by atoms with Crippen molar-refractivity contribution in [3.05, 3.63) is 41.9 Å². The molecule has 9 heteroatoms. The summed E-state index contributed by atoms with van der Waals surface area (Å²) in [7, 11) is 0. The van der Waals surface area contributed by atoms with Gasteiger partial charge in [0.1, 0.15) is 11.6 Å². The lowest BCUT2D eigenvalue weighted by Gasteiger charge is -2.10. The summed E-state index contributed by atoms with van der Waals surface area (Å²) < 4.78 is 4.90. The van der Waals surface area contributed by atoms with Gasteiger partial charge in [0.2, 0.25) is 11.8 Å². The predicted octanol–water partition coefficient (Wildman–Crippen LogP) is 2.28. The minimum absolute atomic E-state index is 0.118. The largest absolute Gasteiger partial charge is 0.360 e. The van der Waals surface area contributed by atoms with Crippen LogP contribution in [0, 0.1) is 6.92 Å². The molecule has 3 aromatic rings. The van der Waals surface area contributed by atoms with Crippen molar-refractivity contribution >= 4 is 40.4 Å². The molecule has 142 valence electrons. The van der Waals surface area contributed by atoms with Gasteiger partial charge in [0.05, 0.1) is 22.0 Å². The van der Waals surface area contributed by atoms with Crippen molar-refractivity contribution in [2.45, 2.75) is 25.5 Å². The normalized spacial score (nSPS) is 12.1. The number of carbonyl (C=O) groups is 2. The monoisotopic (exact) mass is 387 g/mol. The molecule has 0 aliphatic heterocycles. The average Bonchev–Trinajstić information content (AvgIpc) is 3.24. The number of H-pyrrole nitrogens is 1. The molecule has 1 unspecified atom stereocenters. The van der Waals surface area contributed by atoms with Gasteiger partial charge in [-0.1, -0.05) is 17.3 Å². The Labute approximate surface area is 160 Å². The number of carbonyl (C=O) groups excluding carboxylic acids is 2. The van der Waals surface area contributed by atoms with Gasteiger partial charge in [0, 0.05) is 19.0 Å². The number of benzene rings is 1. The SMILES string of the molecule is Cc1cc(NC(=O)C(C)SCC(=O)NCCc2nc3ccccc3[nH]2)no1. The summed E-state index contributed by atoms with van der Waals surface area (Å²) in [5, 5.41) is 8.83. The van der Waals surface area contributed by atoms with Crippen molar-refractivity contribution in [1.82, 2.24) is 20.4 Å². The summed E-state index contributed by atoms with van der Waals surface area (Å²) in [6.07, 6.45) is 0.618. The first-order chi connectivity index (χ1) is 13.0. The first kappa shape index (κ1) is 19.0. The molecule has 27 heavy (non-hydrogen) atoms. The quantitative estimate of drug-likeness (QED) is 0.546. The molecule has 8 nitrogen and oxygen atoms in total. The number of fused-ring (bicyclic) bond motifs is 1. The third kappa shape index (κ3) is 5.33. The molecule has 0 aliphatic carbocycles. The highest BCUT2D eigenvalue weighted by atomic mass is 32.2. The molecule has 2 amide bonds. The van der Waals surface area contributed by atoms with E-state index in [0.717, 1.165) is 16.9 Å². The van der Waals surface area contributed by atoms with Crippen LogP contribution >= 0.6 is 11.8 Å². The maximum Gasteiger partial charge on any atom is 0.238 e. The minimum Gasteiger partial charge on any atom is -0.360 e. The van der Waals surface area contributed by atoms with Crippen LogP contribution in [-0.2, 0) is 16.0 Å². The smallest absolute Gasteiger partial charge is 0.238 e. The van der Waals surface area contributed by atoms with Crippen molar-refractivity contribution in [1.29, 1.82) is 0 Å². The van der Waals surface area contributed by atoms with E-state index < -0.39 is 0 Å². The maximum atomic E-state index is 12.1. The number of nitrogens with one attached hydrogen (secondary N) is 3. The van der Waals surface area contributed by atoms with Crippen molar-refractivity contribution < 1.29 is 14.1 Å². The van der Waals surface area contributed by atoms with E-state index in [1.807, 2.05) is 24.3 Å². The topological polar surface area (TPSA) is 113 Å². The van der Waals surface area contributed by atoms with Gasteiger partial charge in [-0.05, 0) is 26.0 Å². The lowest BCUT2D eigenvalue weighted by molar-refractivity contribution is -0.118. The molecule has 0 saturated heterocycles. The molecule has 0 bridgehead atoms. The van der Waals surface area contributed by atoms with Crippen LogP contribution in [0.5, 0.6) is 0 Å².